The lowest BCUT2D eigenvalue weighted by Crippen LogP contribution is -2.28. The van der Waals surface area contributed by atoms with E-state index in [2.05, 4.69) is 5.32 Å². The van der Waals surface area contributed by atoms with Crippen molar-refractivity contribution in [3.05, 3.63) is 35.4 Å². The standard InChI is InChI=1S/C14H19NO4/c1-2-11(16)7-8-15-13(17)9-10-5-3-4-6-12(10)14(18)19/h3-6,11,16H,2,7-9H2,1H3,(H,15,17)(H,18,19). The summed E-state index contributed by atoms with van der Waals surface area (Å²) in [6.45, 7) is 2.26. The molecule has 1 unspecified atom stereocenters. The van der Waals surface area contributed by atoms with E-state index in [1.807, 2.05) is 6.92 Å². The molecule has 0 aliphatic rings. The minimum absolute atomic E-state index is 0.0324. The van der Waals surface area contributed by atoms with Gasteiger partial charge in [0.2, 0.25) is 5.91 Å². The van der Waals surface area contributed by atoms with E-state index >= 15 is 0 Å². The third-order valence-corrected chi connectivity index (χ3v) is 2.87. The Kier molecular flexibility index (Phi) is 6.02. The lowest BCUT2D eigenvalue weighted by atomic mass is 10.0. The van der Waals surface area contributed by atoms with Crippen LogP contribution in [-0.2, 0) is 11.2 Å². The first kappa shape index (κ1) is 15.2. The van der Waals surface area contributed by atoms with Crippen LogP contribution in [0.5, 0.6) is 0 Å². The van der Waals surface area contributed by atoms with Crippen molar-refractivity contribution in [2.75, 3.05) is 6.54 Å². The summed E-state index contributed by atoms with van der Waals surface area (Å²) in [6, 6.07) is 6.44. The summed E-state index contributed by atoms with van der Waals surface area (Å²) < 4.78 is 0. The quantitative estimate of drug-likeness (QED) is 0.691. The Bertz CT molecular complexity index is 445. The van der Waals surface area contributed by atoms with Crippen molar-refractivity contribution in [3.8, 4) is 0 Å². The van der Waals surface area contributed by atoms with Crippen LogP contribution in [0.25, 0.3) is 0 Å². The smallest absolute Gasteiger partial charge is 0.335 e. The van der Waals surface area contributed by atoms with E-state index in [1.54, 1.807) is 18.2 Å². The van der Waals surface area contributed by atoms with Crippen LogP contribution in [0, 0.1) is 0 Å². The van der Waals surface area contributed by atoms with Gasteiger partial charge in [0.05, 0.1) is 18.1 Å². The molecule has 0 saturated carbocycles. The molecule has 0 saturated heterocycles. The molecule has 0 aliphatic carbocycles. The first-order chi connectivity index (χ1) is 9.04. The SMILES string of the molecule is CCC(O)CCNC(=O)Cc1ccccc1C(=O)O. The van der Waals surface area contributed by atoms with Gasteiger partial charge in [0, 0.05) is 6.54 Å². The molecule has 5 heteroatoms. The summed E-state index contributed by atoms with van der Waals surface area (Å²) in [5.74, 6) is -1.28. The Hall–Kier alpha value is -1.88. The van der Waals surface area contributed by atoms with Gasteiger partial charge in [-0.1, -0.05) is 25.1 Å². The van der Waals surface area contributed by atoms with Crippen LogP contribution >= 0.6 is 0 Å². The summed E-state index contributed by atoms with van der Waals surface area (Å²) >= 11 is 0. The summed E-state index contributed by atoms with van der Waals surface area (Å²) in [7, 11) is 0. The zero-order valence-electron chi connectivity index (χ0n) is 10.9. The zero-order valence-corrected chi connectivity index (χ0v) is 10.9. The van der Waals surface area contributed by atoms with Crippen molar-refractivity contribution in [1.82, 2.24) is 5.32 Å². The van der Waals surface area contributed by atoms with Gasteiger partial charge in [-0.05, 0) is 24.5 Å². The van der Waals surface area contributed by atoms with E-state index in [0.717, 1.165) is 0 Å². The Morgan fingerprint density at radius 2 is 2.00 bits per heavy atom. The predicted molar refractivity (Wildman–Crippen MR) is 71.0 cm³/mol. The van der Waals surface area contributed by atoms with Gasteiger partial charge in [0.1, 0.15) is 0 Å². The highest BCUT2D eigenvalue weighted by atomic mass is 16.4. The molecule has 0 bridgehead atoms. The average Bonchev–Trinajstić information content (AvgIpc) is 2.38. The van der Waals surface area contributed by atoms with Crippen molar-refractivity contribution >= 4 is 11.9 Å². The lowest BCUT2D eigenvalue weighted by molar-refractivity contribution is -0.120. The van der Waals surface area contributed by atoms with Gasteiger partial charge in [-0.25, -0.2) is 4.79 Å². The number of aromatic carboxylic acids is 1. The first-order valence-electron chi connectivity index (χ1n) is 6.30. The monoisotopic (exact) mass is 265 g/mol. The molecule has 1 aromatic rings. The number of nitrogens with one attached hydrogen (secondary N) is 1. The highest BCUT2D eigenvalue weighted by molar-refractivity contribution is 5.91. The van der Waals surface area contributed by atoms with Gasteiger partial charge in [0.25, 0.3) is 0 Å². The van der Waals surface area contributed by atoms with Crippen molar-refractivity contribution in [2.24, 2.45) is 0 Å². The van der Waals surface area contributed by atoms with Crippen LogP contribution in [0.2, 0.25) is 0 Å². The first-order valence-corrected chi connectivity index (χ1v) is 6.30. The van der Waals surface area contributed by atoms with Crippen LogP contribution in [0.4, 0.5) is 0 Å². The fourth-order valence-electron chi connectivity index (χ4n) is 1.70. The summed E-state index contributed by atoms with van der Waals surface area (Å²) in [5.41, 5.74) is 0.634. The number of carboxylic acids is 1. The fraction of sp³-hybridized carbons (Fsp3) is 0.429. The molecular weight excluding hydrogens is 246 g/mol. The van der Waals surface area contributed by atoms with Crippen molar-refractivity contribution < 1.29 is 19.8 Å². The molecule has 5 nitrogen and oxygen atoms in total. The number of rotatable bonds is 7. The number of hydrogen-bond acceptors (Lipinski definition) is 3. The highest BCUT2D eigenvalue weighted by Gasteiger charge is 2.12. The molecule has 1 atom stereocenters. The van der Waals surface area contributed by atoms with Crippen LogP contribution in [0.3, 0.4) is 0 Å². The summed E-state index contributed by atoms with van der Waals surface area (Å²) in [4.78, 5) is 22.7. The van der Waals surface area contributed by atoms with Crippen molar-refractivity contribution in [1.29, 1.82) is 0 Å². The van der Waals surface area contributed by atoms with Crippen LogP contribution in [0.15, 0.2) is 24.3 Å². The largest absolute Gasteiger partial charge is 0.478 e. The number of carbonyl (C=O) groups is 2. The number of amides is 1. The van der Waals surface area contributed by atoms with E-state index in [4.69, 9.17) is 5.11 Å². The molecule has 1 aromatic carbocycles. The Morgan fingerprint density at radius 1 is 1.32 bits per heavy atom. The molecule has 0 radical (unpaired) electrons. The van der Waals surface area contributed by atoms with E-state index in [-0.39, 0.29) is 17.9 Å². The van der Waals surface area contributed by atoms with Gasteiger partial charge in [-0.15, -0.1) is 0 Å². The molecule has 19 heavy (non-hydrogen) atoms. The van der Waals surface area contributed by atoms with Gasteiger partial charge in [0.15, 0.2) is 0 Å². The minimum Gasteiger partial charge on any atom is -0.478 e. The maximum atomic E-state index is 11.7. The van der Waals surface area contributed by atoms with Gasteiger partial charge in [-0.3, -0.25) is 4.79 Å². The molecule has 0 aromatic heterocycles. The second kappa shape index (κ2) is 7.53. The third kappa shape index (κ3) is 5.09. The fourth-order valence-corrected chi connectivity index (χ4v) is 1.70. The van der Waals surface area contributed by atoms with Crippen LogP contribution in [-0.4, -0.2) is 34.7 Å². The normalized spacial score (nSPS) is 11.9. The molecule has 0 aliphatic heterocycles. The maximum Gasteiger partial charge on any atom is 0.335 e. The highest BCUT2D eigenvalue weighted by Crippen LogP contribution is 2.09. The summed E-state index contributed by atoms with van der Waals surface area (Å²) in [6.07, 6.45) is 0.775. The molecule has 0 heterocycles. The number of carboxylic acid groups (broad SMARTS) is 1. The molecule has 1 rings (SSSR count). The topological polar surface area (TPSA) is 86.6 Å². The van der Waals surface area contributed by atoms with E-state index in [9.17, 15) is 14.7 Å². The summed E-state index contributed by atoms with van der Waals surface area (Å²) in [5, 5.41) is 21.0. The lowest BCUT2D eigenvalue weighted by Gasteiger charge is -2.09. The number of aliphatic hydroxyl groups excluding tert-OH is 1. The zero-order chi connectivity index (χ0) is 14.3. The van der Waals surface area contributed by atoms with E-state index in [0.29, 0.717) is 24.9 Å². The molecule has 0 spiro atoms. The minimum atomic E-state index is -1.04. The molecular formula is C14H19NO4. The second-order valence-electron chi connectivity index (χ2n) is 4.34. The molecule has 3 N–H and O–H groups in total. The molecule has 0 fully saturated rings. The predicted octanol–water partition coefficient (Wildman–Crippen LogP) is 1.20. The Balaban J connectivity index is 2.51. The maximum absolute atomic E-state index is 11.7. The van der Waals surface area contributed by atoms with Crippen LogP contribution in [0.1, 0.15) is 35.7 Å². The third-order valence-electron chi connectivity index (χ3n) is 2.87. The van der Waals surface area contributed by atoms with Crippen molar-refractivity contribution in [2.45, 2.75) is 32.3 Å². The van der Waals surface area contributed by atoms with Gasteiger partial charge < -0.3 is 15.5 Å². The Morgan fingerprint density at radius 3 is 2.63 bits per heavy atom. The number of hydrogen-bond donors (Lipinski definition) is 3. The van der Waals surface area contributed by atoms with Crippen LogP contribution < -0.4 is 5.32 Å². The van der Waals surface area contributed by atoms with Gasteiger partial charge >= 0.3 is 5.97 Å². The van der Waals surface area contributed by atoms with E-state index < -0.39 is 12.1 Å². The average molecular weight is 265 g/mol. The van der Waals surface area contributed by atoms with E-state index in [1.165, 1.54) is 6.07 Å². The molecule has 104 valence electrons. The molecule has 1 amide bonds. The number of carbonyl (C=O) groups excluding carboxylic acids is 1. The Labute approximate surface area is 112 Å². The second-order valence-corrected chi connectivity index (χ2v) is 4.34. The van der Waals surface area contributed by atoms with Crippen molar-refractivity contribution in [3.63, 3.8) is 0 Å². The number of aliphatic hydroxyl groups is 1. The van der Waals surface area contributed by atoms with Gasteiger partial charge in [-0.2, -0.15) is 0 Å². The number of benzene rings is 1.